The summed E-state index contributed by atoms with van der Waals surface area (Å²) in [6, 6.07) is 9.26. The van der Waals surface area contributed by atoms with Gasteiger partial charge in [0.1, 0.15) is 5.76 Å². The zero-order chi connectivity index (χ0) is 21.6. The summed E-state index contributed by atoms with van der Waals surface area (Å²) < 4.78 is 42.1. The Morgan fingerprint density at radius 2 is 1.97 bits per heavy atom. The minimum Gasteiger partial charge on any atom is -0.465 e. The van der Waals surface area contributed by atoms with Gasteiger partial charge in [0.05, 0.1) is 24.4 Å². The van der Waals surface area contributed by atoms with Crippen molar-refractivity contribution in [2.45, 2.75) is 17.9 Å². The number of anilines is 1. The Labute approximate surface area is 174 Å². The largest absolute Gasteiger partial charge is 0.465 e. The third kappa shape index (κ3) is 5.56. The number of ether oxygens (including phenoxy) is 2. The standard InChI is InChI=1S/C20H22N2O7S/c1-15(29-19(23)8-7-17-5-3-11-28-17)20(24)21-16-4-2-6-18(14-16)30(25,26)22-9-12-27-13-10-22/h2-8,11,14-15H,9-10,12-13H2,1H3,(H,21,24)/b8-7+. The van der Waals surface area contributed by atoms with Crippen molar-refractivity contribution in [2.75, 3.05) is 31.6 Å². The number of sulfonamides is 1. The van der Waals surface area contributed by atoms with Crippen molar-refractivity contribution in [3.63, 3.8) is 0 Å². The molecule has 10 heteroatoms. The van der Waals surface area contributed by atoms with Crippen LogP contribution in [0.2, 0.25) is 0 Å². The normalized spacial score (nSPS) is 16.3. The van der Waals surface area contributed by atoms with E-state index in [1.165, 1.54) is 41.8 Å². The summed E-state index contributed by atoms with van der Waals surface area (Å²) in [6.45, 7) is 2.65. The zero-order valence-corrected chi connectivity index (χ0v) is 17.1. The van der Waals surface area contributed by atoms with Gasteiger partial charge >= 0.3 is 5.97 Å². The van der Waals surface area contributed by atoms with Crippen LogP contribution in [0.4, 0.5) is 5.69 Å². The quantitative estimate of drug-likeness (QED) is 0.523. The smallest absolute Gasteiger partial charge is 0.331 e. The molecule has 1 aliphatic heterocycles. The molecule has 30 heavy (non-hydrogen) atoms. The number of carbonyl (C=O) groups excluding carboxylic acids is 2. The van der Waals surface area contributed by atoms with Gasteiger partial charge in [-0.25, -0.2) is 13.2 Å². The molecule has 0 saturated carbocycles. The van der Waals surface area contributed by atoms with Gasteiger partial charge in [0.25, 0.3) is 5.91 Å². The van der Waals surface area contributed by atoms with Crippen molar-refractivity contribution in [3.8, 4) is 0 Å². The van der Waals surface area contributed by atoms with Crippen LogP contribution in [-0.2, 0) is 29.1 Å². The Balaban J connectivity index is 1.60. The number of carbonyl (C=O) groups is 2. The molecule has 1 unspecified atom stereocenters. The van der Waals surface area contributed by atoms with E-state index >= 15 is 0 Å². The van der Waals surface area contributed by atoms with Crippen molar-refractivity contribution in [1.82, 2.24) is 4.31 Å². The molecule has 1 fully saturated rings. The molecule has 9 nitrogen and oxygen atoms in total. The first-order valence-electron chi connectivity index (χ1n) is 9.27. The van der Waals surface area contributed by atoms with Gasteiger partial charge in [-0.2, -0.15) is 4.31 Å². The molecule has 0 radical (unpaired) electrons. The number of esters is 1. The van der Waals surface area contributed by atoms with Gasteiger partial charge in [-0.1, -0.05) is 6.07 Å². The number of furan rings is 1. The Morgan fingerprint density at radius 1 is 1.20 bits per heavy atom. The molecule has 1 saturated heterocycles. The number of benzene rings is 1. The minimum absolute atomic E-state index is 0.0632. The molecule has 1 aliphatic rings. The maximum Gasteiger partial charge on any atom is 0.331 e. The van der Waals surface area contributed by atoms with E-state index in [4.69, 9.17) is 13.9 Å². The summed E-state index contributed by atoms with van der Waals surface area (Å²) in [5, 5.41) is 2.57. The number of rotatable bonds is 7. The lowest BCUT2D eigenvalue weighted by Gasteiger charge is -2.26. The van der Waals surface area contributed by atoms with Gasteiger partial charge in [0.2, 0.25) is 10.0 Å². The van der Waals surface area contributed by atoms with Gasteiger partial charge in [-0.3, -0.25) is 4.79 Å². The highest BCUT2D eigenvalue weighted by molar-refractivity contribution is 7.89. The third-order valence-corrected chi connectivity index (χ3v) is 6.19. The highest BCUT2D eigenvalue weighted by Crippen LogP contribution is 2.21. The maximum absolute atomic E-state index is 12.7. The Bertz CT molecular complexity index is 1010. The molecule has 0 aliphatic carbocycles. The van der Waals surface area contributed by atoms with Gasteiger partial charge < -0.3 is 19.2 Å². The lowest BCUT2D eigenvalue weighted by molar-refractivity contribution is -0.148. The average molecular weight is 434 g/mol. The first-order chi connectivity index (χ1) is 14.4. The molecule has 3 rings (SSSR count). The summed E-state index contributed by atoms with van der Waals surface area (Å²) in [5.41, 5.74) is 0.281. The predicted molar refractivity (Wildman–Crippen MR) is 108 cm³/mol. The van der Waals surface area contributed by atoms with Gasteiger partial charge in [0, 0.05) is 24.9 Å². The van der Waals surface area contributed by atoms with Crippen molar-refractivity contribution >= 4 is 33.7 Å². The van der Waals surface area contributed by atoms with Crippen LogP contribution in [0.3, 0.4) is 0 Å². The second kappa shape index (κ2) is 9.70. The zero-order valence-electron chi connectivity index (χ0n) is 16.3. The Hall–Kier alpha value is -2.95. The Kier molecular flexibility index (Phi) is 7.03. The van der Waals surface area contributed by atoms with Crippen molar-refractivity contribution < 1.29 is 31.9 Å². The molecule has 1 N–H and O–H groups in total. The van der Waals surface area contributed by atoms with Crippen LogP contribution in [0.15, 0.2) is 58.1 Å². The van der Waals surface area contributed by atoms with Crippen molar-refractivity contribution in [3.05, 3.63) is 54.5 Å². The molecule has 2 aromatic rings. The number of morpholine rings is 1. The van der Waals surface area contributed by atoms with E-state index in [1.807, 2.05) is 0 Å². The molecule has 0 spiro atoms. The Morgan fingerprint density at radius 3 is 2.67 bits per heavy atom. The fourth-order valence-electron chi connectivity index (χ4n) is 2.72. The second-order valence-corrected chi connectivity index (χ2v) is 8.40. The van der Waals surface area contributed by atoms with Gasteiger partial charge in [0.15, 0.2) is 6.10 Å². The fraction of sp³-hybridized carbons (Fsp3) is 0.300. The molecule has 2 heterocycles. The molecule has 1 aromatic heterocycles. The lowest BCUT2D eigenvalue weighted by atomic mass is 10.3. The average Bonchev–Trinajstić information content (AvgIpc) is 3.27. The van der Waals surface area contributed by atoms with E-state index in [-0.39, 0.29) is 23.7 Å². The van der Waals surface area contributed by atoms with E-state index in [9.17, 15) is 18.0 Å². The number of nitrogens with one attached hydrogen (secondary N) is 1. The monoisotopic (exact) mass is 434 g/mol. The maximum atomic E-state index is 12.7. The molecule has 1 amide bonds. The number of hydrogen-bond donors (Lipinski definition) is 1. The van der Waals surface area contributed by atoms with Crippen LogP contribution >= 0.6 is 0 Å². The minimum atomic E-state index is -3.69. The summed E-state index contributed by atoms with van der Waals surface area (Å²) in [6.07, 6.45) is 2.96. The van der Waals surface area contributed by atoms with E-state index in [0.717, 1.165) is 6.08 Å². The molecule has 1 aromatic carbocycles. The third-order valence-electron chi connectivity index (χ3n) is 4.30. The lowest BCUT2D eigenvalue weighted by Crippen LogP contribution is -2.40. The van der Waals surface area contributed by atoms with Crippen LogP contribution in [0.5, 0.6) is 0 Å². The first-order valence-corrected chi connectivity index (χ1v) is 10.7. The van der Waals surface area contributed by atoms with Crippen LogP contribution in [-0.4, -0.2) is 57.0 Å². The van der Waals surface area contributed by atoms with Gasteiger partial charge in [-0.15, -0.1) is 0 Å². The molecule has 0 bridgehead atoms. The molecular weight excluding hydrogens is 412 g/mol. The topological polar surface area (TPSA) is 115 Å². The van der Waals surface area contributed by atoms with E-state index in [1.54, 1.807) is 18.2 Å². The molecular formula is C20H22N2O7S. The summed E-state index contributed by atoms with van der Waals surface area (Å²) in [5.74, 6) is -0.823. The number of hydrogen-bond acceptors (Lipinski definition) is 7. The van der Waals surface area contributed by atoms with Gasteiger partial charge in [-0.05, 0) is 43.3 Å². The predicted octanol–water partition coefficient (Wildman–Crippen LogP) is 1.88. The second-order valence-electron chi connectivity index (χ2n) is 6.46. The highest BCUT2D eigenvalue weighted by Gasteiger charge is 2.26. The van der Waals surface area contributed by atoms with Crippen molar-refractivity contribution in [2.24, 2.45) is 0 Å². The first kappa shape index (κ1) is 21.8. The highest BCUT2D eigenvalue weighted by atomic mass is 32.2. The van der Waals surface area contributed by atoms with Crippen LogP contribution < -0.4 is 5.32 Å². The molecule has 1 atom stereocenters. The molecule has 160 valence electrons. The SMILES string of the molecule is CC(OC(=O)/C=C/c1ccco1)C(=O)Nc1cccc(S(=O)(=O)N2CCOCC2)c1. The van der Waals surface area contributed by atoms with Crippen LogP contribution in [0.1, 0.15) is 12.7 Å². The van der Waals surface area contributed by atoms with E-state index < -0.39 is 28.0 Å². The summed E-state index contributed by atoms with van der Waals surface area (Å²) in [7, 11) is -3.69. The summed E-state index contributed by atoms with van der Waals surface area (Å²) >= 11 is 0. The van der Waals surface area contributed by atoms with Crippen molar-refractivity contribution in [1.29, 1.82) is 0 Å². The number of amides is 1. The van der Waals surface area contributed by atoms with E-state index in [0.29, 0.717) is 19.0 Å². The summed E-state index contributed by atoms with van der Waals surface area (Å²) in [4.78, 5) is 24.2. The van der Waals surface area contributed by atoms with Crippen LogP contribution in [0.25, 0.3) is 6.08 Å². The fourth-order valence-corrected chi connectivity index (χ4v) is 4.17. The van der Waals surface area contributed by atoms with E-state index in [2.05, 4.69) is 5.32 Å². The number of nitrogens with zero attached hydrogens (tertiary/aromatic N) is 1. The van der Waals surface area contributed by atoms with Crippen LogP contribution in [0, 0.1) is 0 Å².